The lowest BCUT2D eigenvalue weighted by molar-refractivity contribution is -0.114. The standard InChI is InChI=1S/C17H18FN3O4S/c1-12(22)20-13-5-4-6-14(11-13)21-26(24,25)10-9-19-17(23)15-7-2-3-8-16(15)18/h2-8,11,21H,9-10H2,1H3,(H,19,23)(H,20,22). The van der Waals surface area contributed by atoms with Crippen molar-refractivity contribution in [3.05, 3.63) is 59.9 Å². The maximum atomic E-state index is 13.5. The number of sulfonamides is 1. The van der Waals surface area contributed by atoms with Crippen LogP contribution in [-0.4, -0.2) is 32.5 Å². The summed E-state index contributed by atoms with van der Waals surface area (Å²) in [6, 6.07) is 11.6. The fraction of sp³-hybridized carbons (Fsp3) is 0.176. The molecule has 0 fully saturated rings. The van der Waals surface area contributed by atoms with Gasteiger partial charge in [-0.15, -0.1) is 0 Å². The Morgan fingerprint density at radius 2 is 1.73 bits per heavy atom. The third-order valence-electron chi connectivity index (χ3n) is 3.23. The maximum Gasteiger partial charge on any atom is 0.254 e. The number of amides is 2. The van der Waals surface area contributed by atoms with Crippen molar-refractivity contribution in [2.75, 3.05) is 22.3 Å². The van der Waals surface area contributed by atoms with Gasteiger partial charge in [-0.2, -0.15) is 0 Å². The lowest BCUT2D eigenvalue weighted by Crippen LogP contribution is -2.31. The third kappa shape index (κ3) is 5.85. The van der Waals surface area contributed by atoms with Crippen molar-refractivity contribution in [2.45, 2.75) is 6.92 Å². The van der Waals surface area contributed by atoms with E-state index in [1.807, 2.05) is 0 Å². The molecule has 0 spiro atoms. The van der Waals surface area contributed by atoms with Crippen LogP contribution in [0.4, 0.5) is 15.8 Å². The Morgan fingerprint density at radius 3 is 2.42 bits per heavy atom. The van der Waals surface area contributed by atoms with Gasteiger partial charge in [-0.3, -0.25) is 14.3 Å². The minimum absolute atomic E-state index is 0.152. The second kappa shape index (κ2) is 8.43. The quantitative estimate of drug-likeness (QED) is 0.684. The van der Waals surface area contributed by atoms with Crippen molar-refractivity contribution < 1.29 is 22.4 Å². The van der Waals surface area contributed by atoms with Crippen LogP contribution in [-0.2, 0) is 14.8 Å². The molecule has 2 amide bonds. The van der Waals surface area contributed by atoms with Gasteiger partial charge >= 0.3 is 0 Å². The van der Waals surface area contributed by atoms with Gasteiger partial charge in [0.05, 0.1) is 17.0 Å². The number of nitrogens with one attached hydrogen (secondary N) is 3. The Bertz CT molecular complexity index is 916. The molecular formula is C17H18FN3O4S. The molecule has 2 rings (SSSR count). The lowest BCUT2D eigenvalue weighted by Gasteiger charge is -2.10. The predicted molar refractivity (Wildman–Crippen MR) is 96.9 cm³/mol. The van der Waals surface area contributed by atoms with Gasteiger partial charge in [0.25, 0.3) is 5.91 Å². The Hall–Kier alpha value is -2.94. The first-order valence-corrected chi connectivity index (χ1v) is 9.33. The van der Waals surface area contributed by atoms with E-state index in [-0.39, 0.29) is 23.7 Å². The summed E-state index contributed by atoms with van der Waals surface area (Å²) >= 11 is 0. The van der Waals surface area contributed by atoms with Crippen molar-refractivity contribution >= 4 is 33.2 Å². The van der Waals surface area contributed by atoms with Gasteiger partial charge < -0.3 is 10.6 Å². The molecule has 3 N–H and O–H groups in total. The minimum atomic E-state index is -3.74. The van der Waals surface area contributed by atoms with Crippen LogP contribution in [0.25, 0.3) is 0 Å². The second-order valence-electron chi connectivity index (χ2n) is 5.42. The molecule has 0 aliphatic rings. The molecule has 0 atom stereocenters. The Kier molecular flexibility index (Phi) is 6.29. The van der Waals surface area contributed by atoms with E-state index >= 15 is 0 Å². The molecule has 2 aromatic carbocycles. The summed E-state index contributed by atoms with van der Waals surface area (Å²) < 4.78 is 40.0. The summed E-state index contributed by atoms with van der Waals surface area (Å²) in [6.07, 6.45) is 0. The Morgan fingerprint density at radius 1 is 1.04 bits per heavy atom. The van der Waals surface area contributed by atoms with Gasteiger partial charge in [0.15, 0.2) is 0 Å². The van der Waals surface area contributed by atoms with Crippen molar-refractivity contribution in [2.24, 2.45) is 0 Å². The van der Waals surface area contributed by atoms with E-state index in [1.165, 1.54) is 37.3 Å². The molecule has 0 unspecified atom stereocenters. The van der Waals surface area contributed by atoms with Gasteiger partial charge in [-0.05, 0) is 30.3 Å². The summed E-state index contributed by atoms with van der Waals surface area (Å²) in [7, 11) is -3.74. The van der Waals surface area contributed by atoms with E-state index in [4.69, 9.17) is 0 Å². The average Bonchev–Trinajstić information content (AvgIpc) is 2.54. The molecule has 0 heterocycles. The highest BCUT2D eigenvalue weighted by atomic mass is 32.2. The number of carbonyl (C=O) groups is 2. The number of hydrogen-bond donors (Lipinski definition) is 3. The summed E-state index contributed by atoms with van der Waals surface area (Å²) in [4.78, 5) is 22.9. The Balaban J connectivity index is 1.92. The van der Waals surface area contributed by atoms with Gasteiger partial charge in [-0.25, -0.2) is 12.8 Å². The highest BCUT2D eigenvalue weighted by Gasteiger charge is 2.14. The minimum Gasteiger partial charge on any atom is -0.351 e. The summed E-state index contributed by atoms with van der Waals surface area (Å²) in [5.74, 6) is -2.04. The molecular weight excluding hydrogens is 361 g/mol. The fourth-order valence-electron chi connectivity index (χ4n) is 2.13. The molecule has 0 aliphatic heterocycles. The van der Waals surface area contributed by atoms with Gasteiger partial charge in [0.2, 0.25) is 15.9 Å². The number of benzene rings is 2. The van der Waals surface area contributed by atoms with Crippen molar-refractivity contribution in [3.8, 4) is 0 Å². The molecule has 0 saturated heterocycles. The normalized spacial score (nSPS) is 10.8. The van der Waals surface area contributed by atoms with Crippen molar-refractivity contribution in [1.82, 2.24) is 5.32 Å². The number of carbonyl (C=O) groups excluding carboxylic acids is 2. The zero-order valence-corrected chi connectivity index (χ0v) is 14.8. The third-order valence-corrected chi connectivity index (χ3v) is 4.52. The molecule has 26 heavy (non-hydrogen) atoms. The average molecular weight is 379 g/mol. The molecule has 9 heteroatoms. The van der Waals surface area contributed by atoms with E-state index < -0.39 is 27.5 Å². The molecule has 0 bridgehead atoms. The van der Waals surface area contributed by atoms with E-state index in [0.29, 0.717) is 5.69 Å². The number of hydrogen-bond acceptors (Lipinski definition) is 4. The van der Waals surface area contributed by atoms with Crippen molar-refractivity contribution in [1.29, 1.82) is 0 Å². The number of anilines is 2. The first-order chi connectivity index (χ1) is 12.3. The molecule has 2 aromatic rings. The van der Waals surface area contributed by atoms with Crippen LogP contribution in [0.1, 0.15) is 17.3 Å². The summed E-state index contributed by atoms with van der Waals surface area (Å²) in [5.41, 5.74) is 0.572. The van der Waals surface area contributed by atoms with Crippen LogP contribution in [0.5, 0.6) is 0 Å². The molecule has 0 saturated carbocycles. The molecule has 0 radical (unpaired) electrons. The zero-order valence-electron chi connectivity index (χ0n) is 14.0. The maximum absolute atomic E-state index is 13.5. The molecule has 7 nitrogen and oxygen atoms in total. The highest BCUT2D eigenvalue weighted by molar-refractivity contribution is 7.92. The Labute approximate surface area is 150 Å². The predicted octanol–water partition coefficient (Wildman–Crippen LogP) is 1.96. The van der Waals surface area contributed by atoms with Crippen LogP contribution in [0.2, 0.25) is 0 Å². The van der Waals surface area contributed by atoms with E-state index in [9.17, 15) is 22.4 Å². The zero-order chi connectivity index (χ0) is 19.2. The van der Waals surface area contributed by atoms with Gasteiger partial charge in [-0.1, -0.05) is 18.2 Å². The smallest absolute Gasteiger partial charge is 0.254 e. The number of halogens is 1. The molecule has 138 valence electrons. The highest BCUT2D eigenvalue weighted by Crippen LogP contribution is 2.16. The largest absolute Gasteiger partial charge is 0.351 e. The lowest BCUT2D eigenvalue weighted by atomic mass is 10.2. The van der Waals surface area contributed by atoms with Gasteiger partial charge in [0.1, 0.15) is 5.82 Å². The number of rotatable bonds is 7. The SMILES string of the molecule is CC(=O)Nc1cccc(NS(=O)(=O)CCNC(=O)c2ccccc2F)c1. The first kappa shape index (κ1) is 19.4. The summed E-state index contributed by atoms with van der Waals surface area (Å²) in [6.45, 7) is 1.16. The topological polar surface area (TPSA) is 104 Å². The van der Waals surface area contributed by atoms with E-state index in [0.717, 1.165) is 6.07 Å². The van der Waals surface area contributed by atoms with Gasteiger partial charge in [0, 0.05) is 19.2 Å². The van der Waals surface area contributed by atoms with Crippen LogP contribution in [0.3, 0.4) is 0 Å². The van der Waals surface area contributed by atoms with Crippen LogP contribution in [0.15, 0.2) is 48.5 Å². The monoisotopic (exact) mass is 379 g/mol. The fourth-order valence-corrected chi connectivity index (χ4v) is 3.09. The van der Waals surface area contributed by atoms with Crippen LogP contribution < -0.4 is 15.4 Å². The van der Waals surface area contributed by atoms with E-state index in [1.54, 1.807) is 12.1 Å². The molecule has 0 aromatic heterocycles. The first-order valence-electron chi connectivity index (χ1n) is 7.68. The second-order valence-corrected chi connectivity index (χ2v) is 7.26. The molecule has 0 aliphatic carbocycles. The summed E-state index contributed by atoms with van der Waals surface area (Å²) in [5, 5.41) is 4.91. The van der Waals surface area contributed by atoms with Crippen LogP contribution in [0, 0.1) is 5.82 Å². The van der Waals surface area contributed by atoms with Crippen LogP contribution >= 0.6 is 0 Å². The van der Waals surface area contributed by atoms with E-state index in [2.05, 4.69) is 15.4 Å². The van der Waals surface area contributed by atoms with Crippen molar-refractivity contribution in [3.63, 3.8) is 0 Å².